The molecule has 1 heterocycles. The van der Waals surface area contributed by atoms with Gasteiger partial charge in [-0.15, -0.1) is 0 Å². The maximum atomic E-state index is 12.0. The van der Waals surface area contributed by atoms with Gasteiger partial charge in [-0.1, -0.05) is 36.4 Å². The molecular formula is C26H26N2O3. The van der Waals surface area contributed by atoms with Crippen LogP contribution < -0.4 is 10.5 Å². The molecule has 0 saturated carbocycles. The van der Waals surface area contributed by atoms with E-state index in [1.807, 2.05) is 67.6 Å². The monoisotopic (exact) mass is 414 g/mol. The number of para-hydroxylation sites is 1. The van der Waals surface area contributed by atoms with Crippen LogP contribution in [0.25, 0.3) is 22.2 Å². The number of aromatic carboxylic acids is 1. The van der Waals surface area contributed by atoms with Gasteiger partial charge in [0, 0.05) is 22.2 Å². The molecule has 4 N–H and O–H groups in total. The van der Waals surface area contributed by atoms with Crippen LogP contribution in [0, 0.1) is 6.92 Å². The summed E-state index contributed by atoms with van der Waals surface area (Å²) in [6.07, 6.45) is 2.53. The highest BCUT2D eigenvalue weighted by Crippen LogP contribution is 2.37. The van der Waals surface area contributed by atoms with E-state index in [0.29, 0.717) is 12.1 Å². The third kappa shape index (κ3) is 4.32. The van der Waals surface area contributed by atoms with Gasteiger partial charge in [0.1, 0.15) is 11.5 Å². The van der Waals surface area contributed by atoms with Crippen molar-refractivity contribution in [3.05, 3.63) is 83.4 Å². The van der Waals surface area contributed by atoms with Crippen molar-refractivity contribution in [2.75, 3.05) is 6.54 Å². The molecule has 31 heavy (non-hydrogen) atoms. The second-order valence-electron chi connectivity index (χ2n) is 7.65. The molecule has 0 aliphatic carbocycles. The Morgan fingerprint density at radius 3 is 2.52 bits per heavy atom. The third-order valence-corrected chi connectivity index (χ3v) is 5.48. The number of H-pyrrole nitrogens is 1. The molecule has 0 atom stereocenters. The number of benzene rings is 3. The van der Waals surface area contributed by atoms with E-state index in [0.717, 1.165) is 64.0 Å². The molecule has 0 radical (unpaired) electrons. The van der Waals surface area contributed by atoms with Crippen LogP contribution in [0.1, 0.15) is 34.3 Å². The molecule has 0 fully saturated rings. The molecule has 4 rings (SSSR count). The number of aryl methyl sites for hydroxylation is 2. The first-order valence-electron chi connectivity index (χ1n) is 10.5. The summed E-state index contributed by atoms with van der Waals surface area (Å²) in [5, 5.41) is 10.6. The first-order valence-corrected chi connectivity index (χ1v) is 10.5. The van der Waals surface area contributed by atoms with Crippen molar-refractivity contribution < 1.29 is 14.6 Å². The van der Waals surface area contributed by atoms with Gasteiger partial charge in [-0.3, -0.25) is 0 Å². The zero-order valence-electron chi connectivity index (χ0n) is 17.5. The highest BCUT2D eigenvalue weighted by Gasteiger charge is 2.20. The van der Waals surface area contributed by atoms with Gasteiger partial charge in [0.25, 0.3) is 0 Å². The average Bonchev–Trinajstić information content (AvgIpc) is 3.15. The molecular weight excluding hydrogens is 388 g/mol. The van der Waals surface area contributed by atoms with Crippen molar-refractivity contribution in [3.63, 3.8) is 0 Å². The number of unbranched alkanes of at least 4 members (excludes halogenated alkanes) is 1. The first-order chi connectivity index (χ1) is 15.1. The quantitative estimate of drug-likeness (QED) is 0.313. The van der Waals surface area contributed by atoms with Crippen molar-refractivity contribution in [2.24, 2.45) is 5.73 Å². The van der Waals surface area contributed by atoms with E-state index in [9.17, 15) is 9.90 Å². The molecule has 0 bridgehead atoms. The number of carboxylic acids is 1. The number of aromatic amines is 1. The lowest BCUT2D eigenvalue weighted by molar-refractivity contribution is 0.0699. The summed E-state index contributed by atoms with van der Waals surface area (Å²) >= 11 is 0. The smallest absolute Gasteiger partial charge is 0.336 e. The summed E-state index contributed by atoms with van der Waals surface area (Å²) in [6, 6.07) is 21.1. The van der Waals surface area contributed by atoms with Crippen LogP contribution in [0.15, 0.2) is 66.7 Å². The van der Waals surface area contributed by atoms with Gasteiger partial charge in [-0.05, 0) is 74.2 Å². The molecule has 3 aromatic carbocycles. The summed E-state index contributed by atoms with van der Waals surface area (Å²) in [6.45, 7) is 2.61. The van der Waals surface area contributed by atoms with Crippen LogP contribution in [0.4, 0.5) is 0 Å². The van der Waals surface area contributed by atoms with Crippen LogP contribution in [-0.4, -0.2) is 22.6 Å². The van der Waals surface area contributed by atoms with E-state index >= 15 is 0 Å². The van der Waals surface area contributed by atoms with E-state index in [4.69, 9.17) is 10.5 Å². The molecule has 0 aliphatic heterocycles. The number of aromatic nitrogens is 1. The Morgan fingerprint density at radius 1 is 1.00 bits per heavy atom. The van der Waals surface area contributed by atoms with Crippen molar-refractivity contribution >= 4 is 16.9 Å². The summed E-state index contributed by atoms with van der Waals surface area (Å²) in [4.78, 5) is 15.5. The zero-order chi connectivity index (χ0) is 21.8. The van der Waals surface area contributed by atoms with Crippen LogP contribution in [0.5, 0.6) is 11.5 Å². The van der Waals surface area contributed by atoms with Gasteiger partial charge in [0.2, 0.25) is 0 Å². The van der Waals surface area contributed by atoms with Crippen LogP contribution in [-0.2, 0) is 6.42 Å². The lowest BCUT2D eigenvalue weighted by Crippen LogP contribution is -2.01. The third-order valence-electron chi connectivity index (χ3n) is 5.48. The minimum absolute atomic E-state index is 0.322. The molecule has 0 spiro atoms. The lowest BCUT2D eigenvalue weighted by Gasteiger charge is -2.09. The number of hydrogen-bond donors (Lipinski definition) is 3. The Bertz CT molecular complexity index is 1210. The second kappa shape index (κ2) is 9.06. The van der Waals surface area contributed by atoms with Crippen molar-refractivity contribution in [1.29, 1.82) is 0 Å². The molecule has 158 valence electrons. The standard InChI is InChI=1S/C26H26N2O3/c1-17-13-14-22(26(29)30)23-21(12-5-6-15-27)25(28-24(17)23)18-8-7-11-20(16-18)31-19-9-3-2-4-10-19/h2-4,7-11,13-14,16,28H,5-6,12,15,27H2,1H3,(H,29,30). The molecule has 0 aliphatic rings. The molecule has 5 heteroatoms. The van der Waals surface area contributed by atoms with E-state index in [-0.39, 0.29) is 0 Å². The Morgan fingerprint density at radius 2 is 1.77 bits per heavy atom. The average molecular weight is 415 g/mol. The highest BCUT2D eigenvalue weighted by atomic mass is 16.5. The molecule has 5 nitrogen and oxygen atoms in total. The summed E-state index contributed by atoms with van der Waals surface area (Å²) < 4.78 is 6.01. The highest BCUT2D eigenvalue weighted by molar-refractivity contribution is 6.07. The van der Waals surface area contributed by atoms with Gasteiger partial charge in [-0.2, -0.15) is 0 Å². The number of fused-ring (bicyclic) bond motifs is 1. The SMILES string of the molecule is Cc1ccc(C(=O)O)c2c(CCCCN)c(-c3cccc(Oc4ccccc4)c3)[nH]c12. The molecule has 0 unspecified atom stereocenters. The fourth-order valence-electron chi connectivity index (χ4n) is 3.97. The van der Waals surface area contributed by atoms with Crippen LogP contribution >= 0.6 is 0 Å². The predicted octanol–water partition coefficient (Wildman–Crippen LogP) is 5.92. The van der Waals surface area contributed by atoms with E-state index < -0.39 is 5.97 Å². The number of carboxylic acid groups (broad SMARTS) is 1. The number of carbonyl (C=O) groups is 1. The van der Waals surface area contributed by atoms with Crippen molar-refractivity contribution in [3.8, 4) is 22.8 Å². The van der Waals surface area contributed by atoms with E-state index in [1.165, 1.54) is 0 Å². The maximum absolute atomic E-state index is 12.0. The van der Waals surface area contributed by atoms with Crippen LogP contribution in [0.2, 0.25) is 0 Å². The topological polar surface area (TPSA) is 88.3 Å². The zero-order valence-corrected chi connectivity index (χ0v) is 17.5. The van der Waals surface area contributed by atoms with Crippen molar-refractivity contribution in [2.45, 2.75) is 26.2 Å². The second-order valence-corrected chi connectivity index (χ2v) is 7.65. The Balaban J connectivity index is 1.84. The van der Waals surface area contributed by atoms with Gasteiger partial charge in [0.15, 0.2) is 0 Å². The van der Waals surface area contributed by atoms with Gasteiger partial charge in [0.05, 0.1) is 5.56 Å². The summed E-state index contributed by atoms with van der Waals surface area (Å²) in [5.74, 6) is 0.575. The maximum Gasteiger partial charge on any atom is 0.336 e. The van der Waals surface area contributed by atoms with E-state index in [2.05, 4.69) is 4.98 Å². The Labute approximate surface area is 181 Å². The Kier molecular flexibility index (Phi) is 6.05. The molecule has 0 amide bonds. The Hall–Kier alpha value is -3.57. The summed E-state index contributed by atoms with van der Waals surface area (Å²) in [5.41, 5.74) is 10.8. The summed E-state index contributed by atoms with van der Waals surface area (Å²) in [7, 11) is 0. The fraction of sp³-hybridized carbons (Fsp3) is 0.192. The van der Waals surface area contributed by atoms with Gasteiger partial charge < -0.3 is 20.6 Å². The van der Waals surface area contributed by atoms with Crippen molar-refractivity contribution in [1.82, 2.24) is 4.98 Å². The molecule has 0 saturated heterocycles. The number of ether oxygens (including phenoxy) is 1. The fourth-order valence-corrected chi connectivity index (χ4v) is 3.97. The minimum Gasteiger partial charge on any atom is -0.478 e. The normalized spacial score (nSPS) is 11.0. The van der Waals surface area contributed by atoms with Gasteiger partial charge in [-0.25, -0.2) is 4.79 Å². The first kappa shape index (κ1) is 20.7. The van der Waals surface area contributed by atoms with Gasteiger partial charge >= 0.3 is 5.97 Å². The molecule has 1 aromatic heterocycles. The number of rotatable bonds is 8. The van der Waals surface area contributed by atoms with E-state index in [1.54, 1.807) is 6.07 Å². The number of hydrogen-bond acceptors (Lipinski definition) is 3. The molecule has 4 aromatic rings. The minimum atomic E-state index is -0.920. The van der Waals surface area contributed by atoms with Crippen LogP contribution in [0.3, 0.4) is 0 Å². The number of nitrogens with two attached hydrogens (primary N) is 1. The predicted molar refractivity (Wildman–Crippen MR) is 124 cm³/mol. The largest absolute Gasteiger partial charge is 0.478 e. The number of nitrogens with one attached hydrogen (secondary N) is 1. The lowest BCUT2D eigenvalue weighted by atomic mass is 9.96.